The minimum absolute atomic E-state index is 0.925. The molecule has 0 saturated heterocycles. The molecule has 0 aliphatic carbocycles. The molecule has 18 heavy (non-hydrogen) atoms. The van der Waals surface area contributed by atoms with Crippen molar-refractivity contribution in [3.63, 3.8) is 0 Å². The lowest BCUT2D eigenvalue weighted by Crippen LogP contribution is -2.13. The summed E-state index contributed by atoms with van der Waals surface area (Å²) in [5, 5.41) is 3.43. The first-order valence-corrected chi connectivity index (χ1v) is 6.53. The minimum Gasteiger partial charge on any atom is -0.313 e. The zero-order valence-electron chi connectivity index (χ0n) is 11.1. The Kier molecular flexibility index (Phi) is 4.48. The third kappa shape index (κ3) is 3.17. The molecule has 0 spiro atoms. The van der Waals surface area contributed by atoms with Crippen LogP contribution in [0.5, 0.6) is 0 Å². The molecule has 0 aliphatic rings. The van der Waals surface area contributed by atoms with Crippen LogP contribution < -0.4 is 5.32 Å². The van der Waals surface area contributed by atoms with Crippen LogP contribution in [0.2, 0.25) is 0 Å². The fourth-order valence-corrected chi connectivity index (χ4v) is 1.99. The minimum atomic E-state index is 0.925. The van der Waals surface area contributed by atoms with Crippen LogP contribution in [0.25, 0.3) is 11.3 Å². The van der Waals surface area contributed by atoms with E-state index in [9.17, 15) is 0 Å². The lowest BCUT2D eigenvalue weighted by Gasteiger charge is -2.09. The second kappa shape index (κ2) is 6.31. The largest absolute Gasteiger partial charge is 0.313 e. The second-order valence-electron chi connectivity index (χ2n) is 4.54. The standard InChI is InChI=1S/C16H20N2/c1-3-9-17-12-14-8-7-13(2)15(11-14)16-6-4-5-10-18-16/h4-8,10-11,17H,3,9,12H2,1-2H3. The van der Waals surface area contributed by atoms with Gasteiger partial charge in [-0.15, -0.1) is 0 Å². The fourth-order valence-electron chi connectivity index (χ4n) is 1.99. The smallest absolute Gasteiger partial charge is 0.0704 e. The average molecular weight is 240 g/mol. The van der Waals surface area contributed by atoms with Crippen LogP contribution in [0.4, 0.5) is 0 Å². The van der Waals surface area contributed by atoms with Crippen LogP contribution in [-0.4, -0.2) is 11.5 Å². The molecule has 0 aliphatic heterocycles. The highest BCUT2D eigenvalue weighted by molar-refractivity contribution is 5.64. The number of nitrogens with zero attached hydrogens (tertiary/aromatic N) is 1. The third-order valence-corrected chi connectivity index (χ3v) is 3.00. The maximum Gasteiger partial charge on any atom is 0.0704 e. The molecule has 0 saturated carbocycles. The second-order valence-corrected chi connectivity index (χ2v) is 4.54. The maximum absolute atomic E-state index is 4.43. The van der Waals surface area contributed by atoms with Crippen LogP contribution >= 0.6 is 0 Å². The number of hydrogen-bond acceptors (Lipinski definition) is 2. The molecule has 1 N–H and O–H groups in total. The number of pyridine rings is 1. The van der Waals surface area contributed by atoms with Crippen molar-refractivity contribution >= 4 is 0 Å². The molecule has 0 unspecified atom stereocenters. The van der Waals surface area contributed by atoms with E-state index in [0.717, 1.165) is 18.8 Å². The molecule has 2 aromatic rings. The van der Waals surface area contributed by atoms with Gasteiger partial charge in [0.15, 0.2) is 0 Å². The summed E-state index contributed by atoms with van der Waals surface area (Å²) >= 11 is 0. The van der Waals surface area contributed by atoms with E-state index in [1.165, 1.54) is 23.1 Å². The maximum atomic E-state index is 4.43. The number of hydrogen-bond donors (Lipinski definition) is 1. The molecule has 94 valence electrons. The number of nitrogens with one attached hydrogen (secondary N) is 1. The van der Waals surface area contributed by atoms with Crippen LogP contribution in [0.15, 0.2) is 42.6 Å². The first kappa shape index (κ1) is 12.8. The monoisotopic (exact) mass is 240 g/mol. The van der Waals surface area contributed by atoms with Crippen molar-refractivity contribution in [2.24, 2.45) is 0 Å². The number of rotatable bonds is 5. The Labute approximate surface area is 109 Å². The Bertz CT molecular complexity index is 492. The van der Waals surface area contributed by atoms with E-state index in [1.807, 2.05) is 18.3 Å². The first-order valence-electron chi connectivity index (χ1n) is 6.53. The first-order chi connectivity index (χ1) is 8.81. The van der Waals surface area contributed by atoms with Crippen molar-refractivity contribution in [1.82, 2.24) is 10.3 Å². The summed E-state index contributed by atoms with van der Waals surface area (Å²) in [5.41, 5.74) is 4.86. The van der Waals surface area contributed by atoms with Gasteiger partial charge >= 0.3 is 0 Å². The Balaban J connectivity index is 2.22. The summed E-state index contributed by atoms with van der Waals surface area (Å²) < 4.78 is 0. The molecule has 2 heteroatoms. The number of aromatic nitrogens is 1. The Morgan fingerprint density at radius 3 is 2.78 bits per heavy atom. The molecule has 0 radical (unpaired) electrons. The van der Waals surface area contributed by atoms with Gasteiger partial charge in [-0.05, 0) is 49.2 Å². The van der Waals surface area contributed by atoms with Gasteiger partial charge in [0.05, 0.1) is 5.69 Å². The van der Waals surface area contributed by atoms with Crippen molar-refractivity contribution in [2.45, 2.75) is 26.8 Å². The van der Waals surface area contributed by atoms with Crippen molar-refractivity contribution < 1.29 is 0 Å². The van der Waals surface area contributed by atoms with Crippen molar-refractivity contribution in [3.8, 4) is 11.3 Å². The highest BCUT2D eigenvalue weighted by atomic mass is 14.8. The molecule has 1 heterocycles. The summed E-state index contributed by atoms with van der Waals surface area (Å²) in [6, 6.07) is 12.6. The quantitative estimate of drug-likeness (QED) is 0.808. The summed E-state index contributed by atoms with van der Waals surface area (Å²) in [5.74, 6) is 0. The van der Waals surface area contributed by atoms with Crippen molar-refractivity contribution in [3.05, 3.63) is 53.7 Å². The predicted molar refractivity (Wildman–Crippen MR) is 76.4 cm³/mol. The average Bonchev–Trinajstić information content (AvgIpc) is 2.42. The summed E-state index contributed by atoms with van der Waals surface area (Å²) in [7, 11) is 0. The highest BCUT2D eigenvalue weighted by Gasteiger charge is 2.04. The van der Waals surface area contributed by atoms with Gasteiger partial charge in [0.1, 0.15) is 0 Å². The molecule has 2 rings (SSSR count). The molecule has 0 atom stereocenters. The van der Waals surface area contributed by atoms with E-state index >= 15 is 0 Å². The van der Waals surface area contributed by atoms with Gasteiger partial charge in [-0.3, -0.25) is 4.98 Å². The normalized spacial score (nSPS) is 10.6. The topological polar surface area (TPSA) is 24.9 Å². The van der Waals surface area contributed by atoms with E-state index in [1.54, 1.807) is 0 Å². The van der Waals surface area contributed by atoms with E-state index in [-0.39, 0.29) is 0 Å². The predicted octanol–water partition coefficient (Wildman–Crippen LogP) is 3.56. The molecule has 0 bridgehead atoms. The lowest BCUT2D eigenvalue weighted by atomic mass is 10.0. The highest BCUT2D eigenvalue weighted by Crippen LogP contribution is 2.22. The van der Waals surface area contributed by atoms with Gasteiger partial charge < -0.3 is 5.32 Å². The molecular weight excluding hydrogens is 220 g/mol. The van der Waals surface area contributed by atoms with E-state index in [4.69, 9.17) is 0 Å². The Morgan fingerprint density at radius 1 is 1.17 bits per heavy atom. The van der Waals surface area contributed by atoms with Gasteiger partial charge in [-0.2, -0.15) is 0 Å². The summed E-state index contributed by atoms with van der Waals surface area (Å²) in [6.07, 6.45) is 3.01. The molecule has 0 amide bonds. The van der Waals surface area contributed by atoms with Crippen LogP contribution in [0, 0.1) is 6.92 Å². The van der Waals surface area contributed by atoms with Crippen LogP contribution in [0.1, 0.15) is 24.5 Å². The third-order valence-electron chi connectivity index (χ3n) is 3.00. The van der Waals surface area contributed by atoms with Crippen LogP contribution in [0.3, 0.4) is 0 Å². The van der Waals surface area contributed by atoms with E-state index in [2.05, 4.69) is 48.4 Å². The van der Waals surface area contributed by atoms with Gasteiger partial charge in [-0.25, -0.2) is 0 Å². The van der Waals surface area contributed by atoms with Gasteiger partial charge in [0.25, 0.3) is 0 Å². The molecule has 1 aromatic carbocycles. The van der Waals surface area contributed by atoms with Crippen molar-refractivity contribution in [2.75, 3.05) is 6.54 Å². The van der Waals surface area contributed by atoms with Gasteiger partial charge in [0, 0.05) is 18.3 Å². The zero-order chi connectivity index (χ0) is 12.8. The van der Waals surface area contributed by atoms with E-state index < -0.39 is 0 Å². The molecule has 1 aromatic heterocycles. The van der Waals surface area contributed by atoms with Crippen LogP contribution in [-0.2, 0) is 6.54 Å². The number of benzene rings is 1. The van der Waals surface area contributed by atoms with Crippen molar-refractivity contribution in [1.29, 1.82) is 0 Å². The van der Waals surface area contributed by atoms with Gasteiger partial charge in [-0.1, -0.05) is 25.1 Å². The summed E-state index contributed by atoms with van der Waals surface area (Å²) in [6.45, 7) is 6.30. The van der Waals surface area contributed by atoms with Gasteiger partial charge in [0.2, 0.25) is 0 Å². The fraction of sp³-hybridized carbons (Fsp3) is 0.312. The Morgan fingerprint density at radius 2 is 2.06 bits per heavy atom. The molecule has 2 nitrogen and oxygen atoms in total. The SMILES string of the molecule is CCCNCc1ccc(C)c(-c2ccccn2)c1. The molecule has 0 fully saturated rings. The summed E-state index contributed by atoms with van der Waals surface area (Å²) in [4.78, 5) is 4.43. The lowest BCUT2D eigenvalue weighted by molar-refractivity contribution is 0.675. The Hall–Kier alpha value is -1.67. The van der Waals surface area contributed by atoms with E-state index in [0.29, 0.717) is 0 Å². The zero-order valence-corrected chi connectivity index (χ0v) is 11.1. The number of aryl methyl sites for hydroxylation is 1. The molecular formula is C16H20N2.